The summed E-state index contributed by atoms with van der Waals surface area (Å²) in [6.07, 6.45) is 9.17. The van der Waals surface area contributed by atoms with Gasteiger partial charge in [0.1, 0.15) is 0 Å². The third kappa shape index (κ3) is 5.70. The molecule has 25 heavy (non-hydrogen) atoms. The summed E-state index contributed by atoms with van der Waals surface area (Å²) in [6.45, 7) is 2.49. The second-order valence-electron chi connectivity index (χ2n) is 7.27. The van der Waals surface area contributed by atoms with Crippen LogP contribution in [0.5, 0.6) is 0 Å². The van der Waals surface area contributed by atoms with Crippen LogP contribution in [0.1, 0.15) is 71.1 Å². The average molecular weight is 354 g/mol. The van der Waals surface area contributed by atoms with E-state index in [0.29, 0.717) is 25.7 Å². The Labute approximate surface area is 149 Å². The molecule has 1 aliphatic carbocycles. The van der Waals surface area contributed by atoms with E-state index in [4.69, 9.17) is 9.47 Å². The van der Waals surface area contributed by atoms with Gasteiger partial charge in [0.2, 0.25) is 5.91 Å². The second kappa shape index (κ2) is 9.17. The molecule has 0 bridgehead atoms. The van der Waals surface area contributed by atoms with E-state index in [1.807, 2.05) is 6.92 Å². The summed E-state index contributed by atoms with van der Waals surface area (Å²) in [4.78, 5) is 34.5. The molecule has 1 saturated heterocycles. The minimum Gasteiger partial charge on any atom is -0.457 e. The molecule has 1 saturated carbocycles. The van der Waals surface area contributed by atoms with Crippen LogP contribution in [-0.4, -0.2) is 42.8 Å². The Kier molecular flexibility index (Phi) is 7.23. The summed E-state index contributed by atoms with van der Waals surface area (Å²) in [5.74, 6) is -0.396. The van der Waals surface area contributed by atoms with Gasteiger partial charge in [-0.2, -0.15) is 0 Å². The van der Waals surface area contributed by atoms with Gasteiger partial charge in [0, 0.05) is 12.8 Å². The van der Waals surface area contributed by atoms with Crippen molar-refractivity contribution >= 4 is 18.3 Å². The molecule has 0 aromatic carbocycles. The largest absolute Gasteiger partial charge is 0.457 e. The number of hydrogen-bond acceptors (Lipinski definition) is 6. The predicted molar refractivity (Wildman–Crippen MR) is 91.6 cm³/mol. The fourth-order valence-corrected chi connectivity index (χ4v) is 3.55. The van der Waals surface area contributed by atoms with Crippen LogP contribution in [0.15, 0.2) is 0 Å². The van der Waals surface area contributed by atoms with Crippen LogP contribution in [-0.2, 0) is 23.9 Å². The van der Waals surface area contributed by atoms with E-state index < -0.39 is 17.2 Å². The molecule has 7 heteroatoms. The number of amides is 1. The number of carbonyl (C=O) groups excluding carboxylic acids is 3. The van der Waals surface area contributed by atoms with Crippen molar-refractivity contribution < 1.29 is 23.9 Å². The van der Waals surface area contributed by atoms with E-state index in [1.165, 1.54) is 0 Å². The Bertz CT molecular complexity index is 484. The molecule has 2 rings (SSSR count). The zero-order chi connectivity index (χ0) is 18.2. The lowest BCUT2D eigenvalue weighted by molar-refractivity contribution is -0.160. The topological polar surface area (TPSA) is 93.7 Å². The Morgan fingerprint density at radius 2 is 1.76 bits per heavy atom. The number of ether oxygens (including phenoxy) is 2. The minimum atomic E-state index is -0.721. The van der Waals surface area contributed by atoms with Crippen molar-refractivity contribution in [2.24, 2.45) is 0 Å². The number of esters is 1. The minimum absolute atomic E-state index is 0.00388. The smallest absolute Gasteiger partial charge is 0.320 e. The molecule has 0 radical (unpaired) electrons. The molecule has 1 heterocycles. The van der Waals surface area contributed by atoms with Gasteiger partial charge in [0.05, 0.1) is 13.2 Å². The number of carbonyl (C=O) groups is 3. The van der Waals surface area contributed by atoms with Crippen molar-refractivity contribution in [2.75, 3.05) is 13.2 Å². The quantitative estimate of drug-likeness (QED) is 0.580. The van der Waals surface area contributed by atoms with Gasteiger partial charge >= 0.3 is 5.97 Å². The van der Waals surface area contributed by atoms with Gasteiger partial charge in [-0.15, -0.1) is 0 Å². The van der Waals surface area contributed by atoms with Gasteiger partial charge in [0.25, 0.3) is 6.47 Å². The fourth-order valence-electron chi connectivity index (χ4n) is 3.55. The Hall–Kier alpha value is -1.63. The maximum absolute atomic E-state index is 12.1. The molecule has 2 atom stereocenters. The Balaban J connectivity index is 1.91. The van der Waals surface area contributed by atoms with Crippen molar-refractivity contribution in [2.45, 2.75) is 82.3 Å². The van der Waals surface area contributed by atoms with Crippen LogP contribution in [0.25, 0.3) is 0 Å². The maximum atomic E-state index is 12.1. The molecule has 2 unspecified atom stereocenters. The van der Waals surface area contributed by atoms with Crippen molar-refractivity contribution in [1.82, 2.24) is 10.6 Å². The molecule has 7 nitrogen and oxygen atoms in total. The summed E-state index contributed by atoms with van der Waals surface area (Å²) < 4.78 is 10.9. The van der Waals surface area contributed by atoms with E-state index in [2.05, 4.69) is 10.6 Å². The third-order valence-corrected chi connectivity index (χ3v) is 5.24. The predicted octanol–water partition coefficient (Wildman–Crippen LogP) is 1.79. The number of rotatable bonds is 2. The summed E-state index contributed by atoms with van der Waals surface area (Å²) in [5.41, 5.74) is -1.43. The molecular weight excluding hydrogens is 324 g/mol. The van der Waals surface area contributed by atoms with Gasteiger partial charge in [-0.25, -0.2) is 0 Å². The first-order valence-electron chi connectivity index (χ1n) is 9.32. The number of nitrogens with one attached hydrogen (secondary N) is 2. The molecule has 2 N–H and O–H groups in total. The highest BCUT2D eigenvalue weighted by Crippen LogP contribution is 2.56. The molecular formula is C18H30N2O5. The average Bonchev–Trinajstić information content (AvgIpc) is 3.12. The summed E-state index contributed by atoms with van der Waals surface area (Å²) in [5, 5.41) is 5.61. The molecule has 142 valence electrons. The van der Waals surface area contributed by atoms with Crippen molar-refractivity contribution in [3.63, 3.8) is 0 Å². The zero-order valence-corrected chi connectivity index (χ0v) is 15.1. The van der Waals surface area contributed by atoms with Crippen molar-refractivity contribution in [3.8, 4) is 0 Å². The van der Waals surface area contributed by atoms with Gasteiger partial charge < -0.3 is 14.8 Å². The van der Waals surface area contributed by atoms with Crippen LogP contribution in [0.3, 0.4) is 0 Å². The SMILES string of the molecule is CC1(OC=O)CC12CCCCCCCCCC(=O)NCNCC(=O)O2. The molecule has 0 aromatic rings. The van der Waals surface area contributed by atoms with Gasteiger partial charge in [-0.1, -0.05) is 32.1 Å². The molecule has 1 amide bonds. The maximum Gasteiger partial charge on any atom is 0.320 e. The van der Waals surface area contributed by atoms with Crippen molar-refractivity contribution in [3.05, 3.63) is 0 Å². The standard InChI is InChI=1S/C18H30N2O5/c1-17(24-14-21)12-18(17)10-8-6-4-2-3-5-7-9-15(22)20-13-19-11-16(23)25-18/h14,19H,2-13H2,1H3,(H,20,22). The monoisotopic (exact) mass is 354 g/mol. The summed E-state index contributed by atoms with van der Waals surface area (Å²) in [6, 6.07) is 0. The zero-order valence-electron chi connectivity index (χ0n) is 15.1. The highest BCUT2D eigenvalue weighted by atomic mass is 16.6. The summed E-state index contributed by atoms with van der Waals surface area (Å²) >= 11 is 0. The van der Waals surface area contributed by atoms with Crippen LogP contribution >= 0.6 is 0 Å². The highest BCUT2D eigenvalue weighted by Gasteiger charge is 2.70. The molecule has 2 aliphatic rings. The Morgan fingerprint density at radius 1 is 1.08 bits per heavy atom. The van der Waals surface area contributed by atoms with Crippen LogP contribution in [0, 0.1) is 0 Å². The summed E-state index contributed by atoms with van der Waals surface area (Å²) in [7, 11) is 0. The van der Waals surface area contributed by atoms with E-state index >= 15 is 0 Å². The molecule has 2 fully saturated rings. The molecule has 1 spiro atoms. The fraction of sp³-hybridized carbons (Fsp3) is 0.833. The van der Waals surface area contributed by atoms with Crippen LogP contribution < -0.4 is 10.6 Å². The molecule has 1 aliphatic heterocycles. The van der Waals surface area contributed by atoms with E-state index in [9.17, 15) is 14.4 Å². The lowest BCUT2D eigenvalue weighted by Crippen LogP contribution is -2.39. The molecule has 0 aromatic heterocycles. The van der Waals surface area contributed by atoms with E-state index in [1.54, 1.807) is 0 Å². The lowest BCUT2D eigenvalue weighted by Gasteiger charge is -2.22. The van der Waals surface area contributed by atoms with Crippen molar-refractivity contribution in [1.29, 1.82) is 0 Å². The van der Waals surface area contributed by atoms with Crippen LogP contribution in [0.2, 0.25) is 0 Å². The third-order valence-electron chi connectivity index (χ3n) is 5.24. The number of hydrogen-bond donors (Lipinski definition) is 2. The highest BCUT2D eigenvalue weighted by molar-refractivity contribution is 5.76. The van der Waals surface area contributed by atoms with Crippen LogP contribution in [0.4, 0.5) is 0 Å². The van der Waals surface area contributed by atoms with Gasteiger partial charge in [-0.05, 0) is 26.2 Å². The normalized spacial score (nSPS) is 33.0. The van der Waals surface area contributed by atoms with E-state index in [-0.39, 0.29) is 19.1 Å². The first-order valence-corrected chi connectivity index (χ1v) is 9.32. The van der Waals surface area contributed by atoms with E-state index in [0.717, 1.165) is 44.9 Å². The Morgan fingerprint density at radius 3 is 2.48 bits per heavy atom. The van der Waals surface area contributed by atoms with Gasteiger partial charge in [0.15, 0.2) is 11.2 Å². The van der Waals surface area contributed by atoms with Gasteiger partial charge in [-0.3, -0.25) is 19.7 Å². The first-order chi connectivity index (χ1) is 12.0. The lowest BCUT2D eigenvalue weighted by atomic mass is 10.0. The first kappa shape index (κ1) is 19.7. The second-order valence-corrected chi connectivity index (χ2v) is 7.27.